The van der Waals surface area contributed by atoms with E-state index in [1.807, 2.05) is 29.8 Å². The lowest BCUT2D eigenvalue weighted by Gasteiger charge is -2.52. The molecule has 6 heteroatoms. The van der Waals surface area contributed by atoms with Crippen LogP contribution in [0.5, 0.6) is 5.88 Å². The van der Waals surface area contributed by atoms with Gasteiger partial charge in [-0.15, -0.1) is 11.3 Å². The summed E-state index contributed by atoms with van der Waals surface area (Å²) in [6.07, 6.45) is 5.71. The topological polar surface area (TPSA) is 47.5 Å². The van der Waals surface area contributed by atoms with Crippen LogP contribution >= 0.6 is 11.3 Å². The molecule has 2 aliphatic heterocycles. The Morgan fingerprint density at radius 1 is 1.32 bits per heavy atom. The summed E-state index contributed by atoms with van der Waals surface area (Å²) >= 11 is 1.71. The number of ether oxygens (including phenoxy) is 2. The lowest BCUT2D eigenvalue weighted by Crippen LogP contribution is -2.65. The molecule has 116 valence electrons. The van der Waals surface area contributed by atoms with E-state index in [-0.39, 0.29) is 11.7 Å². The first-order valence-electron chi connectivity index (χ1n) is 7.64. The number of hydrogen-bond acceptors (Lipinski definition) is 6. The van der Waals surface area contributed by atoms with Gasteiger partial charge in [-0.05, 0) is 6.07 Å². The van der Waals surface area contributed by atoms with E-state index in [2.05, 4.69) is 14.9 Å². The summed E-state index contributed by atoms with van der Waals surface area (Å²) in [4.78, 5) is 11.0. The highest BCUT2D eigenvalue weighted by molar-refractivity contribution is 7.09. The van der Waals surface area contributed by atoms with Gasteiger partial charge in [0.15, 0.2) is 0 Å². The van der Waals surface area contributed by atoms with E-state index in [1.54, 1.807) is 17.5 Å². The Balaban J connectivity index is 1.32. The zero-order valence-electron chi connectivity index (χ0n) is 12.4. The van der Waals surface area contributed by atoms with Gasteiger partial charge in [0.25, 0.3) is 0 Å². The molecule has 0 amide bonds. The summed E-state index contributed by atoms with van der Waals surface area (Å²) < 4.78 is 12.1. The van der Waals surface area contributed by atoms with Crippen molar-refractivity contribution in [3.63, 3.8) is 0 Å². The van der Waals surface area contributed by atoms with Gasteiger partial charge in [-0.25, -0.2) is 9.97 Å². The second kappa shape index (κ2) is 5.95. The van der Waals surface area contributed by atoms with Crippen molar-refractivity contribution in [2.75, 3.05) is 19.7 Å². The van der Waals surface area contributed by atoms with Crippen LogP contribution in [0.2, 0.25) is 0 Å². The Morgan fingerprint density at radius 2 is 2.27 bits per heavy atom. The van der Waals surface area contributed by atoms with Gasteiger partial charge in [0.1, 0.15) is 11.1 Å². The fraction of sp³-hybridized carbons (Fsp3) is 0.500. The molecule has 2 aliphatic rings. The van der Waals surface area contributed by atoms with Crippen LogP contribution in [0.15, 0.2) is 36.0 Å². The lowest BCUT2D eigenvalue weighted by atomic mass is 9.85. The molecular weight excluding hydrogens is 298 g/mol. The fourth-order valence-electron chi connectivity index (χ4n) is 3.29. The van der Waals surface area contributed by atoms with Gasteiger partial charge in [0.05, 0.1) is 18.8 Å². The molecule has 0 saturated carbocycles. The molecule has 0 bridgehead atoms. The van der Waals surface area contributed by atoms with Crippen LogP contribution in [-0.2, 0) is 11.3 Å². The molecular formula is C16H19N3O2S. The van der Waals surface area contributed by atoms with Gasteiger partial charge in [-0.2, -0.15) is 0 Å². The average Bonchev–Trinajstić information content (AvgIpc) is 3.00. The monoisotopic (exact) mass is 317 g/mol. The summed E-state index contributed by atoms with van der Waals surface area (Å²) in [7, 11) is 0. The molecule has 2 fully saturated rings. The molecule has 5 nitrogen and oxygen atoms in total. The number of rotatable bonds is 4. The van der Waals surface area contributed by atoms with Crippen molar-refractivity contribution < 1.29 is 9.47 Å². The first-order chi connectivity index (χ1) is 10.8. The molecule has 2 aromatic heterocycles. The lowest BCUT2D eigenvalue weighted by molar-refractivity contribution is -0.188. The predicted octanol–water partition coefficient (Wildman–Crippen LogP) is 2.35. The van der Waals surface area contributed by atoms with Gasteiger partial charge >= 0.3 is 0 Å². The zero-order valence-corrected chi connectivity index (χ0v) is 13.2. The Bertz CT molecular complexity index is 599. The van der Waals surface area contributed by atoms with Crippen molar-refractivity contribution in [2.24, 2.45) is 0 Å². The van der Waals surface area contributed by atoms with Crippen LogP contribution in [0.1, 0.15) is 17.8 Å². The third-order valence-corrected chi connectivity index (χ3v) is 5.00. The number of hydrogen-bond donors (Lipinski definition) is 0. The van der Waals surface area contributed by atoms with Gasteiger partial charge in [-0.3, -0.25) is 4.90 Å². The highest BCUT2D eigenvalue weighted by Gasteiger charge is 2.48. The number of thiazole rings is 1. The standard InChI is InChI=1S/C16H19N3O2S/c1-2-5-17-14(3-1)21-13-4-7-20-16(9-13)11-19(12-16)10-15-18-6-8-22-15/h1-3,5-6,8,13H,4,7,9-12H2. The number of nitrogens with zero attached hydrogens (tertiary/aromatic N) is 3. The van der Waals surface area contributed by atoms with Crippen LogP contribution in [0, 0.1) is 0 Å². The van der Waals surface area contributed by atoms with Crippen molar-refractivity contribution in [3.8, 4) is 5.88 Å². The summed E-state index contributed by atoms with van der Waals surface area (Å²) in [5, 5.41) is 3.20. The highest BCUT2D eigenvalue weighted by Crippen LogP contribution is 2.36. The Hall–Kier alpha value is -1.50. The predicted molar refractivity (Wildman–Crippen MR) is 84.0 cm³/mol. The number of aromatic nitrogens is 2. The molecule has 4 heterocycles. The van der Waals surface area contributed by atoms with E-state index in [4.69, 9.17) is 9.47 Å². The Labute approximate surface area is 133 Å². The molecule has 2 saturated heterocycles. The molecule has 1 atom stereocenters. The maximum atomic E-state index is 6.06. The first kappa shape index (κ1) is 14.1. The third kappa shape index (κ3) is 2.99. The van der Waals surface area contributed by atoms with E-state index in [0.717, 1.165) is 39.1 Å². The Kier molecular flexibility index (Phi) is 3.82. The van der Waals surface area contributed by atoms with Gasteiger partial charge in [-0.1, -0.05) is 6.07 Å². The molecule has 1 spiro atoms. The summed E-state index contributed by atoms with van der Waals surface area (Å²) in [5.74, 6) is 0.712. The van der Waals surface area contributed by atoms with E-state index in [1.165, 1.54) is 5.01 Å². The minimum absolute atomic E-state index is 0.0328. The quantitative estimate of drug-likeness (QED) is 0.866. The summed E-state index contributed by atoms with van der Waals surface area (Å²) in [5.41, 5.74) is -0.0328. The number of likely N-dealkylation sites (tertiary alicyclic amines) is 1. The molecule has 0 aromatic carbocycles. The molecule has 22 heavy (non-hydrogen) atoms. The van der Waals surface area contributed by atoms with E-state index in [0.29, 0.717) is 5.88 Å². The smallest absolute Gasteiger partial charge is 0.213 e. The molecule has 0 radical (unpaired) electrons. The fourth-order valence-corrected chi connectivity index (χ4v) is 3.95. The van der Waals surface area contributed by atoms with E-state index >= 15 is 0 Å². The Morgan fingerprint density at radius 3 is 3.05 bits per heavy atom. The van der Waals surface area contributed by atoms with Gasteiger partial charge in [0.2, 0.25) is 5.88 Å². The largest absolute Gasteiger partial charge is 0.474 e. The average molecular weight is 317 g/mol. The molecule has 1 unspecified atom stereocenters. The van der Waals surface area contributed by atoms with Gasteiger partial charge < -0.3 is 9.47 Å². The van der Waals surface area contributed by atoms with Gasteiger partial charge in [0, 0.05) is 49.8 Å². The maximum Gasteiger partial charge on any atom is 0.213 e. The van der Waals surface area contributed by atoms with Crippen LogP contribution < -0.4 is 4.74 Å². The number of pyridine rings is 1. The minimum Gasteiger partial charge on any atom is -0.474 e. The molecule has 0 N–H and O–H groups in total. The van der Waals surface area contributed by atoms with Crippen LogP contribution in [0.4, 0.5) is 0 Å². The molecule has 2 aromatic rings. The normalized spacial score (nSPS) is 24.1. The molecule has 0 aliphatic carbocycles. The zero-order chi connectivity index (χ0) is 14.8. The van der Waals surface area contributed by atoms with E-state index < -0.39 is 0 Å². The summed E-state index contributed by atoms with van der Waals surface area (Å²) in [6, 6.07) is 5.77. The third-order valence-electron chi connectivity index (χ3n) is 4.24. The summed E-state index contributed by atoms with van der Waals surface area (Å²) in [6.45, 7) is 3.63. The van der Waals surface area contributed by atoms with Crippen LogP contribution in [-0.4, -0.2) is 46.3 Å². The highest BCUT2D eigenvalue weighted by atomic mass is 32.1. The minimum atomic E-state index is -0.0328. The van der Waals surface area contributed by atoms with Crippen LogP contribution in [0.25, 0.3) is 0 Å². The first-order valence-corrected chi connectivity index (χ1v) is 8.52. The van der Waals surface area contributed by atoms with E-state index in [9.17, 15) is 0 Å². The van der Waals surface area contributed by atoms with Crippen molar-refractivity contribution in [2.45, 2.75) is 31.1 Å². The van der Waals surface area contributed by atoms with Crippen molar-refractivity contribution in [1.29, 1.82) is 0 Å². The van der Waals surface area contributed by atoms with Crippen molar-refractivity contribution >= 4 is 11.3 Å². The van der Waals surface area contributed by atoms with Crippen molar-refractivity contribution in [3.05, 3.63) is 41.0 Å². The van der Waals surface area contributed by atoms with Crippen LogP contribution in [0.3, 0.4) is 0 Å². The second-order valence-corrected chi connectivity index (χ2v) is 6.98. The SMILES string of the molecule is c1ccc(OC2CCOC3(C2)CN(Cc2nccs2)C3)nc1. The van der Waals surface area contributed by atoms with Crippen molar-refractivity contribution in [1.82, 2.24) is 14.9 Å². The maximum absolute atomic E-state index is 6.06. The molecule has 4 rings (SSSR count). The second-order valence-electron chi connectivity index (χ2n) is 6.00.